The lowest BCUT2D eigenvalue weighted by Gasteiger charge is -2.11. The summed E-state index contributed by atoms with van der Waals surface area (Å²) in [6, 6.07) is 0. The first-order valence-electron chi connectivity index (χ1n) is 4.66. The van der Waals surface area contributed by atoms with Crippen LogP contribution in [-0.2, 0) is 28.2 Å². The Morgan fingerprint density at radius 2 is 1.47 bits per heavy atom. The van der Waals surface area contributed by atoms with Gasteiger partial charge < -0.3 is 9.47 Å². The van der Waals surface area contributed by atoms with Crippen molar-refractivity contribution in [3.63, 3.8) is 0 Å². The Kier molecular flexibility index (Phi) is 4.94. The standard InChI is InChI=1S/C8H16O6S/c1-11-5-7-3-4-8(6-12-2)14-15(9,10)13-7/h7-8H,3-6H2,1-2H3. The maximum Gasteiger partial charge on any atom is 0.400 e. The van der Waals surface area contributed by atoms with Gasteiger partial charge in [-0.1, -0.05) is 0 Å². The Morgan fingerprint density at radius 3 is 1.80 bits per heavy atom. The van der Waals surface area contributed by atoms with E-state index in [2.05, 4.69) is 0 Å². The fourth-order valence-electron chi connectivity index (χ4n) is 1.42. The molecule has 0 aromatic rings. The summed E-state index contributed by atoms with van der Waals surface area (Å²) in [6.45, 7) is 0.477. The molecule has 1 saturated heterocycles. The first kappa shape index (κ1) is 12.9. The molecular formula is C8H16O6S. The Bertz CT molecular complexity index is 253. The van der Waals surface area contributed by atoms with Gasteiger partial charge in [-0.05, 0) is 12.8 Å². The quantitative estimate of drug-likeness (QED) is 0.693. The van der Waals surface area contributed by atoms with Gasteiger partial charge in [0.1, 0.15) is 12.2 Å². The van der Waals surface area contributed by atoms with E-state index in [9.17, 15) is 8.42 Å². The number of ether oxygens (including phenoxy) is 2. The van der Waals surface area contributed by atoms with Gasteiger partial charge in [-0.3, -0.25) is 0 Å². The predicted molar refractivity (Wildman–Crippen MR) is 51.7 cm³/mol. The first-order valence-corrected chi connectivity index (χ1v) is 6.00. The zero-order valence-electron chi connectivity index (χ0n) is 8.84. The molecule has 1 rings (SSSR count). The van der Waals surface area contributed by atoms with E-state index in [0.29, 0.717) is 12.8 Å². The molecule has 0 aromatic heterocycles. The van der Waals surface area contributed by atoms with Crippen LogP contribution in [0.25, 0.3) is 0 Å². The molecule has 15 heavy (non-hydrogen) atoms. The van der Waals surface area contributed by atoms with E-state index in [0.717, 1.165) is 0 Å². The molecule has 0 aromatic carbocycles. The minimum atomic E-state index is -3.92. The minimum absolute atomic E-state index is 0.238. The highest BCUT2D eigenvalue weighted by molar-refractivity contribution is 7.81. The molecule has 1 heterocycles. The predicted octanol–water partition coefficient (Wildman–Crippen LogP) is 0.0882. The van der Waals surface area contributed by atoms with E-state index in [1.54, 1.807) is 0 Å². The maximum absolute atomic E-state index is 11.3. The zero-order chi connectivity index (χ0) is 11.3. The van der Waals surface area contributed by atoms with Crippen molar-refractivity contribution >= 4 is 10.4 Å². The molecular weight excluding hydrogens is 224 g/mol. The molecule has 6 nitrogen and oxygen atoms in total. The summed E-state index contributed by atoms with van der Waals surface area (Å²) in [4.78, 5) is 0. The summed E-state index contributed by atoms with van der Waals surface area (Å²) in [5, 5.41) is 0. The van der Waals surface area contributed by atoms with Crippen molar-refractivity contribution in [2.24, 2.45) is 0 Å². The van der Waals surface area contributed by atoms with Gasteiger partial charge in [-0.15, -0.1) is 0 Å². The molecule has 0 spiro atoms. The van der Waals surface area contributed by atoms with E-state index in [4.69, 9.17) is 17.8 Å². The normalized spacial score (nSPS) is 31.1. The highest BCUT2D eigenvalue weighted by Crippen LogP contribution is 2.19. The minimum Gasteiger partial charge on any atom is -0.382 e. The van der Waals surface area contributed by atoms with Crippen LogP contribution < -0.4 is 0 Å². The third kappa shape index (κ3) is 4.43. The molecule has 0 bridgehead atoms. The SMILES string of the molecule is COCC1CCC(COC)OS(=O)(=O)O1. The fraction of sp³-hybridized carbons (Fsp3) is 1.00. The van der Waals surface area contributed by atoms with Crippen molar-refractivity contribution in [3.8, 4) is 0 Å². The Hall–Kier alpha value is -0.210. The Balaban J connectivity index is 2.61. The van der Waals surface area contributed by atoms with Crippen molar-refractivity contribution in [1.29, 1.82) is 0 Å². The highest BCUT2D eigenvalue weighted by atomic mass is 32.3. The molecule has 0 amide bonds. The van der Waals surface area contributed by atoms with Crippen LogP contribution >= 0.6 is 0 Å². The second-order valence-corrected chi connectivity index (χ2v) is 4.53. The van der Waals surface area contributed by atoms with Crippen LogP contribution in [0.2, 0.25) is 0 Å². The summed E-state index contributed by atoms with van der Waals surface area (Å²) >= 11 is 0. The Labute approximate surface area is 89.8 Å². The molecule has 7 heteroatoms. The van der Waals surface area contributed by atoms with Gasteiger partial charge in [0.25, 0.3) is 0 Å². The monoisotopic (exact) mass is 240 g/mol. The van der Waals surface area contributed by atoms with Crippen molar-refractivity contribution in [1.82, 2.24) is 0 Å². The number of hydrogen-bond acceptors (Lipinski definition) is 6. The van der Waals surface area contributed by atoms with E-state index in [1.807, 2.05) is 0 Å². The zero-order valence-corrected chi connectivity index (χ0v) is 9.66. The smallest absolute Gasteiger partial charge is 0.382 e. The van der Waals surface area contributed by atoms with Gasteiger partial charge in [-0.25, -0.2) is 8.37 Å². The van der Waals surface area contributed by atoms with Crippen molar-refractivity contribution < 1.29 is 26.3 Å². The highest BCUT2D eigenvalue weighted by Gasteiger charge is 2.29. The molecule has 90 valence electrons. The molecule has 2 unspecified atom stereocenters. The lowest BCUT2D eigenvalue weighted by molar-refractivity contribution is 0.0710. The van der Waals surface area contributed by atoms with Crippen LogP contribution in [0.3, 0.4) is 0 Å². The van der Waals surface area contributed by atoms with Crippen molar-refractivity contribution in [2.45, 2.75) is 25.0 Å². The summed E-state index contributed by atoms with van der Waals surface area (Å²) < 4.78 is 41.8. The fourth-order valence-corrected chi connectivity index (χ4v) is 2.43. The van der Waals surface area contributed by atoms with Crippen LogP contribution in [0.15, 0.2) is 0 Å². The summed E-state index contributed by atoms with van der Waals surface area (Å²) in [6.07, 6.45) is 0.200. The Morgan fingerprint density at radius 1 is 1.07 bits per heavy atom. The molecule has 0 N–H and O–H groups in total. The lowest BCUT2D eigenvalue weighted by Crippen LogP contribution is -2.23. The molecule has 0 saturated carbocycles. The maximum atomic E-state index is 11.3. The van der Waals surface area contributed by atoms with Gasteiger partial charge in [-0.2, -0.15) is 8.42 Å². The van der Waals surface area contributed by atoms with Gasteiger partial charge in [0.2, 0.25) is 0 Å². The molecule has 1 aliphatic heterocycles. The van der Waals surface area contributed by atoms with Crippen LogP contribution in [0.5, 0.6) is 0 Å². The first-order chi connectivity index (χ1) is 7.07. The average Bonchev–Trinajstić information content (AvgIpc) is 2.26. The van der Waals surface area contributed by atoms with Crippen LogP contribution in [0.4, 0.5) is 0 Å². The van der Waals surface area contributed by atoms with Crippen molar-refractivity contribution in [2.75, 3.05) is 27.4 Å². The molecule has 0 radical (unpaired) electrons. The molecule has 1 fully saturated rings. The number of methoxy groups -OCH3 is 2. The van der Waals surface area contributed by atoms with E-state index < -0.39 is 22.6 Å². The van der Waals surface area contributed by atoms with Crippen LogP contribution in [-0.4, -0.2) is 48.1 Å². The molecule has 2 atom stereocenters. The summed E-state index contributed by atoms with van der Waals surface area (Å²) in [7, 11) is -0.933. The van der Waals surface area contributed by atoms with Gasteiger partial charge in [0, 0.05) is 14.2 Å². The van der Waals surface area contributed by atoms with E-state index in [-0.39, 0.29) is 13.2 Å². The largest absolute Gasteiger partial charge is 0.400 e. The second-order valence-electron chi connectivity index (χ2n) is 3.33. The topological polar surface area (TPSA) is 71.1 Å². The van der Waals surface area contributed by atoms with Gasteiger partial charge in [0.15, 0.2) is 0 Å². The second kappa shape index (κ2) is 5.76. The molecule has 1 aliphatic rings. The van der Waals surface area contributed by atoms with E-state index >= 15 is 0 Å². The van der Waals surface area contributed by atoms with E-state index in [1.165, 1.54) is 14.2 Å². The number of rotatable bonds is 4. The van der Waals surface area contributed by atoms with Crippen LogP contribution in [0.1, 0.15) is 12.8 Å². The third-order valence-corrected chi connectivity index (χ3v) is 3.04. The van der Waals surface area contributed by atoms with Crippen molar-refractivity contribution in [3.05, 3.63) is 0 Å². The molecule has 0 aliphatic carbocycles. The summed E-state index contributed by atoms with van der Waals surface area (Å²) in [5.41, 5.74) is 0. The average molecular weight is 240 g/mol. The lowest BCUT2D eigenvalue weighted by atomic mass is 10.1. The number of hydrogen-bond donors (Lipinski definition) is 0. The van der Waals surface area contributed by atoms with Gasteiger partial charge in [0.05, 0.1) is 13.2 Å². The third-order valence-electron chi connectivity index (χ3n) is 2.02. The summed E-state index contributed by atoms with van der Waals surface area (Å²) in [5.74, 6) is 0. The van der Waals surface area contributed by atoms with Crippen LogP contribution in [0, 0.1) is 0 Å². The van der Waals surface area contributed by atoms with Gasteiger partial charge >= 0.3 is 10.4 Å².